The molecule has 0 heterocycles. The van der Waals surface area contributed by atoms with Gasteiger partial charge in [-0.15, -0.1) is 0 Å². The number of nitrogens with two attached hydrogens (primary N) is 1. The molecule has 0 amide bonds. The van der Waals surface area contributed by atoms with Gasteiger partial charge in [-0.25, -0.2) is 0 Å². The number of thiocarbonyl (C=S) groups is 1. The predicted molar refractivity (Wildman–Crippen MR) is 60.7 cm³/mol. The van der Waals surface area contributed by atoms with E-state index >= 15 is 0 Å². The maximum absolute atomic E-state index is 5.54. The standard InChI is InChI=1S/C11H16N2S/c12-11(14)13-10-5-6-4-9(10)8-3-1-2-7(6)8/h1,3,6-10H,2,4-5H2,(H3,12,13,14)/t6-,7+,8-,9-,10+/m1/s1. The molecule has 0 saturated heterocycles. The van der Waals surface area contributed by atoms with Gasteiger partial charge in [0.2, 0.25) is 0 Å². The third kappa shape index (κ3) is 1.11. The predicted octanol–water partition coefficient (Wildman–Crippen LogP) is 1.42. The minimum absolute atomic E-state index is 0.473. The van der Waals surface area contributed by atoms with Crippen molar-refractivity contribution in [3.05, 3.63) is 12.2 Å². The van der Waals surface area contributed by atoms with Crippen molar-refractivity contribution >= 4 is 17.3 Å². The van der Waals surface area contributed by atoms with Crippen LogP contribution in [-0.2, 0) is 0 Å². The molecule has 3 aliphatic carbocycles. The van der Waals surface area contributed by atoms with Crippen LogP contribution in [0, 0.1) is 23.7 Å². The van der Waals surface area contributed by atoms with E-state index in [9.17, 15) is 0 Å². The van der Waals surface area contributed by atoms with E-state index in [1.807, 2.05) is 0 Å². The fourth-order valence-electron chi connectivity index (χ4n) is 3.89. The average molecular weight is 208 g/mol. The first-order valence-corrected chi connectivity index (χ1v) is 5.89. The normalized spacial score (nSPS) is 48.1. The summed E-state index contributed by atoms with van der Waals surface area (Å²) in [6, 6.07) is 0.557. The van der Waals surface area contributed by atoms with E-state index in [1.165, 1.54) is 19.3 Å². The Hall–Kier alpha value is -0.570. The van der Waals surface area contributed by atoms with E-state index in [0.29, 0.717) is 11.2 Å². The molecule has 2 bridgehead atoms. The van der Waals surface area contributed by atoms with Crippen LogP contribution < -0.4 is 11.1 Å². The Morgan fingerprint density at radius 2 is 2.21 bits per heavy atom. The molecule has 2 fully saturated rings. The molecule has 3 heteroatoms. The van der Waals surface area contributed by atoms with Crippen LogP contribution in [0.3, 0.4) is 0 Å². The van der Waals surface area contributed by atoms with Crippen molar-refractivity contribution < 1.29 is 0 Å². The third-order valence-corrected chi connectivity index (χ3v) is 4.45. The molecule has 3 rings (SSSR count). The van der Waals surface area contributed by atoms with Crippen LogP contribution in [0.5, 0.6) is 0 Å². The van der Waals surface area contributed by atoms with Gasteiger partial charge in [-0.1, -0.05) is 12.2 Å². The number of rotatable bonds is 1. The molecule has 2 nitrogen and oxygen atoms in total. The molecule has 0 aromatic carbocycles. The van der Waals surface area contributed by atoms with Crippen LogP contribution in [0.4, 0.5) is 0 Å². The van der Waals surface area contributed by atoms with E-state index in [4.69, 9.17) is 18.0 Å². The zero-order chi connectivity index (χ0) is 9.71. The minimum Gasteiger partial charge on any atom is -0.376 e. The summed E-state index contributed by atoms with van der Waals surface area (Å²) in [5, 5.41) is 3.73. The largest absolute Gasteiger partial charge is 0.376 e. The number of nitrogens with one attached hydrogen (secondary N) is 1. The van der Waals surface area contributed by atoms with Crippen molar-refractivity contribution in [2.75, 3.05) is 0 Å². The van der Waals surface area contributed by atoms with Gasteiger partial charge in [0.15, 0.2) is 5.11 Å². The first kappa shape index (κ1) is 8.72. The maximum Gasteiger partial charge on any atom is 0.163 e. The Morgan fingerprint density at radius 3 is 3.00 bits per heavy atom. The van der Waals surface area contributed by atoms with Gasteiger partial charge in [-0.05, 0) is 55.2 Å². The van der Waals surface area contributed by atoms with E-state index in [0.717, 1.165) is 23.7 Å². The summed E-state index contributed by atoms with van der Waals surface area (Å²) in [6.07, 6.45) is 8.76. The van der Waals surface area contributed by atoms with Gasteiger partial charge >= 0.3 is 0 Å². The highest BCUT2D eigenvalue weighted by atomic mass is 32.1. The van der Waals surface area contributed by atoms with E-state index in [2.05, 4.69) is 17.5 Å². The molecule has 0 aromatic heterocycles. The lowest BCUT2D eigenvalue weighted by Gasteiger charge is -2.31. The zero-order valence-electron chi connectivity index (χ0n) is 8.15. The van der Waals surface area contributed by atoms with Crippen LogP contribution in [0.25, 0.3) is 0 Å². The second kappa shape index (κ2) is 2.96. The molecule has 3 N–H and O–H groups in total. The van der Waals surface area contributed by atoms with E-state index < -0.39 is 0 Å². The zero-order valence-corrected chi connectivity index (χ0v) is 8.96. The Balaban J connectivity index is 1.76. The molecule has 0 radical (unpaired) electrons. The van der Waals surface area contributed by atoms with Gasteiger partial charge in [0.1, 0.15) is 0 Å². The molecule has 0 aromatic rings. The van der Waals surface area contributed by atoms with Crippen molar-refractivity contribution in [1.29, 1.82) is 0 Å². The summed E-state index contributed by atoms with van der Waals surface area (Å²) in [5.41, 5.74) is 5.54. The summed E-state index contributed by atoms with van der Waals surface area (Å²) in [4.78, 5) is 0. The number of fused-ring (bicyclic) bond motifs is 5. The summed E-state index contributed by atoms with van der Waals surface area (Å²) in [5.74, 6) is 3.49. The average Bonchev–Trinajstić information content (AvgIpc) is 2.68. The first-order valence-electron chi connectivity index (χ1n) is 5.48. The molecular formula is C11H16N2S. The maximum atomic E-state index is 5.54. The van der Waals surface area contributed by atoms with Gasteiger partial charge in [0.25, 0.3) is 0 Å². The molecule has 2 saturated carbocycles. The molecule has 0 aliphatic heterocycles. The quantitative estimate of drug-likeness (QED) is 0.505. The first-order chi connectivity index (χ1) is 6.75. The van der Waals surface area contributed by atoms with Crippen LogP contribution in [0.2, 0.25) is 0 Å². The highest BCUT2D eigenvalue weighted by Crippen LogP contribution is 2.56. The summed E-state index contributed by atoms with van der Waals surface area (Å²) in [7, 11) is 0. The Kier molecular flexibility index (Phi) is 1.84. The molecule has 14 heavy (non-hydrogen) atoms. The van der Waals surface area contributed by atoms with Crippen molar-refractivity contribution in [3.63, 3.8) is 0 Å². The molecular weight excluding hydrogens is 192 g/mol. The molecule has 0 spiro atoms. The number of hydrogen-bond donors (Lipinski definition) is 2. The van der Waals surface area contributed by atoms with Crippen molar-refractivity contribution in [2.24, 2.45) is 29.4 Å². The van der Waals surface area contributed by atoms with Gasteiger partial charge in [-0.3, -0.25) is 0 Å². The smallest absolute Gasteiger partial charge is 0.163 e. The van der Waals surface area contributed by atoms with Crippen molar-refractivity contribution in [2.45, 2.75) is 25.3 Å². The lowest BCUT2D eigenvalue weighted by Crippen LogP contribution is -2.44. The van der Waals surface area contributed by atoms with E-state index in [-0.39, 0.29) is 0 Å². The number of hydrogen-bond acceptors (Lipinski definition) is 1. The highest BCUT2D eigenvalue weighted by molar-refractivity contribution is 7.80. The Labute approximate surface area is 89.9 Å². The van der Waals surface area contributed by atoms with Crippen molar-refractivity contribution in [3.8, 4) is 0 Å². The second-order valence-corrected chi connectivity index (χ2v) is 5.36. The Bertz CT molecular complexity index is 300. The lowest BCUT2D eigenvalue weighted by atomic mass is 9.79. The molecule has 3 aliphatic rings. The fraction of sp³-hybridized carbons (Fsp3) is 0.727. The third-order valence-electron chi connectivity index (χ3n) is 4.34. The summed E-state index contributed by atoms with van der Waals surface area (Å²) >= 11 is 4.92. The van der Waals surface area contributed by atoms with Gasteiger partial charge < -0.3 is 11.1 Å². The highest BCUT2D eigenvalue weighted by Gasteiger charge is 2.52. The molecule has 76 valence electrons. The SMILES string of the molecule is NC(=S)N[C@H]1C[C@H]2C[C@@H]1[C@@H]1C=CC[C@@H]21. The van der Waals surface area contributed by atoms with Gasteiger partial charge in [-0.2, -0.15) is 0 Å². The topological polar surface area (TPSA) is 38.0 Å². The summed E-state index contributed by atoms with van der Waals surface area (Å²) < 4.78 is 0. The van der Waals surface area contributed by atoms with Crippen LogP contribution in [0.1, 0.15) is 19.3 Å². The van der Waals surface area contributed by atoms with Gasteiger partial charge in [0, 0.05) is 6.04 Å². The fourth-order valence-corrected chi connectivity index (χ4v) is 4.05. The van der Waals surface area contributed by atoms with Crippen LogP contribution in [-0.4, -0.2) is 11.2 Å². The van der Waals surface area contributed by atoms with Crippen molar-refractivity contribution in [1.82, 2.24) is 5.32 Å². The monoisotopic (exact) mass is 208 g/mol. The number of allylic oxidation sites excluding steroid dienone is 2. The van der Waals surface area contributed by atoms with E-state index in [1.54, 1.807) is 0 Å². The second-order valence-electron chi connectivity index (χ2n) is 4.92. The van der Waals surface area contributed by atoms with Crippen LogP contribution >= 0.6 is 12.2 Å². The Morgan fingerprint density at radius 1 is 1.36 bits per heavy atom. The van der Waals surface area contributed by atoms with Gasteiger partial charge in [0.05, 0.1) is 0 Å². The van der Waals surface area contributed by atoms with Crippen LogP contribution in [0.15, 0.2) is 12.2 Å². The summed E-state index contributed by atoms with van der Waals surface area (Å²) in [6.45, 7) is 0. The lowest BCUT2D eigenvalue weighted by molar-refractivity contribution is 0.246. The molecule has 5 atom stereocenters. The molecule has 0 unspecified atom stereocenters. The minimum atomic E-state index is 0.473.